The quantitative estimate of drug-likeness (QED) is 0.662. The molecule has 3 heterocycles. The first-order valence-electron chi connectivity index (χ1n) is 9.44. The van der Waals surface area contributed by atoms with Crippen LogP contribution in [0.4, 0.5) is 27.6 Å². The maximum absolute atomic E-state index is 14.9. The van der Waals surface area contributed by atoms with Gasteiger partial charge in [0.2, 0.25) is 0 Å². The summed E-state index contributed by atoms with van der Waals surface area (Å²) in [6, 6.07) is 5.44. The first kappa shape index (κ1) is 22.5. The summed E-state index contributed by atoms with van der Waals surface area (Å²) in [6.45, 7) is -0.845. The first-order valence-corrected chi connectivity index (χ1v) is 10.4. The number of aliphatic imine (C=N–C) groups is 1. The van der Waals surface area contributed by atoms with Crippen molar-refractivity contribution in [3.8, 4) is 0 Å². The number of pyridine rings is 1. The zero-order valence-electron chi connectivity index (χ0n) is 16.3. The van der Waals surface area contributed by atoms with Crippen LogP contribution in [0, 0.1) is 11.7 Å². The molecular formula is C20H17F5N4O2S. The van der Waals surface area contributed by atoms with Gasteiger partial charge in [-0.25, -0.2) is 13.8 Å². The summed E-state index contributed by atoms with van der Waals surface area (Å²) in [5, 5.41) is 2.70. The Balaban J connectivity index is 1.63. The Labute approximate surface area is 183 Å². The second-order valence-corrected chi connectivity index (χ2v) is 8.41. The van der Waals surface area contributed by atoms with E-state index in [0.29, 0.717) is 11.9 Å². The molecule has 0 spiro atoms. The molecule has 1 fully saturated rings. The van der Waals surface area contributed by atoms with Crippen LogP contribution >= 0.6 is 11.8 Å². The molecule has 3 N–H and O–H groups in total. The fourth-order valence-electron chi connectivity index (χ4n) is 3.84. The summed E-state index contributed by atoms with van der Waals surface area (Å²) in [7, 11) is 0. The number of nitrogens with zero attached hydrogens (tertiary/aromatic N) is 2. The summed E-state index contributed by atoms with van der Waals surface area (Å²) in [5.41, 5.74) is 3.63. The minimum absolute atomic E-state index is 0.0811. The number of carbonyl (C=O) groups excluding carboxylic acids is 1. The van der Waals surface area contributed by atoms with Gasteiger partial charge >= 0.3 is 6.18 Å². The van der Waals surface area contributed by atoms with Crippen LogP contribution in [0.1, 0.15) is 21.6 Å². The van der Waals surface area contributed by atoms with Crippen LogP contribution in [0.5, 0.6) is 0 Å². The first-order chi connectivity index (χ1) is 15.1. The molecule has 4 rings (SSSR count). The third-order valence-electron chi connectivity index (χ3n) is 5.47. The molecule has 1 saturated heterocycles. The molecule has 12 heteroatoms. The Kier molecular flexibility index (Phi) is 5.84. The third-order valence-corrected chi connectivity index (χ3v) is 6.38. The molecule has 0 radical (unpaired) electrons. The van der Waals surface area contributed by atoms with Gasteiger partial charge in [0, 0.05) is 29.1 Å². The number of anilines is 1. The van der Waals surface area contributed by atoms with Gasteiger partial charge in [-0.15, -0.1) is 0 Å². The number of nitrogens with two attached hydrogens (primary N) is 1. The molecule has 0 aliphatic carbocycles. The van der Waals surface area contributed by atoms with E-state index in [9.17, 15) is 26.7 Å². The number of benzene rings is 1. The molecule has 1 amide bonds. The van der Waals surface area contributed by atoms with Crippen LogP contribution in [0.25, 0.3) is 0 Å². The molecule has 2 aromatic rings. The SMILES string of the molecule is NC1=N[C@@]2(c3cc(NC(=O)c4ccc(C(F)(F)F)cn4)ccc3F)CO[C@H](CF)[C@H]2CS1. The van der Waals surface area contributed by atoms with E-state index >= 15 is 0 Å². The van der Waals surface area contributed by atoms with Crippen molar-refractivity contribution in [1.29, 1.82) is 0 Å². The van der Waals surface area contributed by atoms with E-state index in [2.05, 4.69) is 15.3 Å². The number of carbonyl (C=O) groups is 1. The smallest absolute Gasteiger partial charge is 0.379 e. The number of fused-ring (bicyclic) bond motifs is 1. The molecule has 2 aliphatic rings. The standard InChI is InChI=1S/C20H17F5N4O2S/c21-6-16-13-8-32-18(26)29-19(13,9-31-16)12-5-11(2-3-14(12)22)28-17(30)15-4-1-10(7-27-15)20(23,24)25/h1-5,7,13,16H,6,8-9H2,(H2,26,29)(H,28,30)/t13-,16-,19-/m1/s1. The van der Waals surface area contributed by atoms with Crippen molar-refractivity contribution in [2.75, 3.05) is 24.4 Å². The van der Waals surface area contributed by atoms with Gasteiger partial charge in [0.1, 0.15) is 23.7 Å². The van der Waals surface area contributed by atoms with E-state index in [1.54, 1.807) is 0 Å². The molecule has 1 aromatic carbocycles. The summed E-state index contributed by atoms with van der Waals surface area (Å²) in [5.74, 6) is -1.50. The van der Waals surface area contributed by atoms with Crippen molar-refractivity contribution in [2.45, 2.75) is 17.8 Å². The highest BCUT2D eigenvalue weighted by Crippen LogP contribution is 2.48. The van der Waals surface area contributed by atoms with Crippen LogP contribution < -0.4 is 11.1 Å². The predicted octanol–water partition coefficient (Wildman–Crippen LogP) is 3.73. The van der Waals surface area contributed by atoms with E-state index in [1.807, 2.05) is 0 Å². The van der Waals surface area contributed by atoms with Gasteiger partial charge in [-0.3, -0.25) is 9.78 Å². The highest BCUT2D eigenvalue weighted by Gasteiger charge is 2.54. The Morgan fingerprint density at radius 2 is 2.09 bits per heavy atom. The number of alkyl halides is 4. The van der Waals surface area contributed by atoms with E-state index in [4.69, 9.17) is 10.5 Å². The normalized spacial score (nSPS) is 25.2. The summed E-state index contributed by atoms with van der Waals surface area (Å²) in [6.07, 6.45) is -4.79. The van der Waals surface area contributed by atoms with Crippen LogP contribution in [0.2, 0.25) is 0 Å². The molecule has 0 unspecified atom stereocenters. The second-order valence-electron chi connectivity index (χ2n) is 7.37. The number of ether oxygens (including phenoxy) is 1. The van der Waals surface area contributed by atoms with Crippen LogP contribution in [0.3, 0.4) is 0 Å². The molecule has 32 heavy (non-hydrogen) atoms. The van der Waals surface area contributed by atoms with Gasteiger partial charge in [0.25, 0.3) is 5.91 Å². The average molecular weight is 472 g/mol. The van der Waals surface area contributed by atoms with Crippen molar-refractivity contribution < 1.29 is 31.5 Å². The minimum atomic E-state index is -4.58. The van der Waals surface area contributed by atoms with E-state index in [0.717, 1.165) is 18.2 Å². The van der Waals surface area contributed by atoms with Gasteiger partial charge in [-0.2, -0.15) is 13.2 Å². The minimum Gasteiger partial charge on any atom is -0.379 e. The lowest BCUT2D eigenvalue weighted by atomic mass is 9.79. The number of aromatic nitrogens is 1. The highest BCUT2D eigenvalue weighted by molar-refractivity contribution is 8.13. The van der Waals surface area contributed by atoms with Crippen molar-refractivity contribution in [3.05, 3.63) is 59.2 Å². The molecular weight excluding hydrogens is 455 g/mol. The number of thioether (sulfide) groups is 1. The lowest BCUT2D eigenvalue weighted by molar-refractivity contribution is -0.137. The summed E-state index contributed by atoms with van der Waals surface area (Å²) >= 11 is 1.23. The lowest BCUT2D eigenvalue weighted by Gasteiger charge is -2.35. The van der Waals surface area contributed by atoms with Crippen molar-refractivity contribution in [2.24, 2.45) is 16.6 Å². The largest absolute Gasteiger partial charge is 0.417 e. The topological polar surface area (TPSA) is 89.6 Å². The lowest BCUT2D eigenvalue weighted by Crippen LogP contribution is -2.42. The summed E-state index contributed by atoms with van der Waals surface area (Å²) < 4.78 is 71.9. The Bertz CT molecular complexity index is 1060. The average Bonchev–Trinajstić information content (AvgIpc) is 3.13. The van der Waals surface area contributed by atoms with E-state index < -0.39 is 47.7 Å². The van der Waals surface area contributed by atoms with Gasteiger partial charge in [-0.05, 0) is 30.3 Å². The molecule has 1 aromatic heterocycles. The van der Waals surface area contributed by atoms with Gasteiger partial charge in [0.15, 0.2) is 5.17 Å². The van der Waals surface area contributed by atoms with Crippen molar-refractivity contribution in [3.63, 3.8) is 0 Å². The fraction of sp³-hybridized carbons (Fsp3) is 0.350. The number of halogens is 5. The zero-order chi connectivity index (χ0) is 23.1. The molecule has 0 bridgehead atoms. The van der Waals surface area contributed by atoms with E-state index in [-0.39, 0.29) is 28.7 Å². The van der Waals surface area contributed by atoms with Crippen LogP contribution in [-0.2, 0) is 16.5 Å². The van der Waals surface area contributed by atoms with Crippen molar-refractivity contribution >= 4 is 28.5 Å². The number of nitrogens with one attached hydrogen (secondary N) is 1. The molecule has 0 saturated carbocycles. The second kappa shape index (κ2) is 8.32. The van der Waals surface area contributed by atoms with Gasteiger partial charge < -0.3 is 15.8 Å². The Hall–Kier alpha value is -2.73. The maximum Gasteiger partial charge on any atom is 0.417 e. The fourth-order valence-corrected chi connectivity index (χ4v) is 4.91. The number of rotatable bonds is 4. The van der Waals surface area contributed by atoms with Gasteiger partial charge in [0.05, 0.1) is 18.3 Å². The van der Waals surface area contributed by atoms with Gasteiger partial charge in [-0.1, -0.05) is 11.8 Å². The predicted molar refractivity (Wildman–Crippen MR) is 109 cm³/mol. The number of hydrogen-bond donors (Lipinski definition) is 2. The molecule has 170 valence electrons. The molecule has 6 nitrogen and oxygen atoms in total. The Morgan fingerprint density at radius 1 is 1.31 bits per heavy atom. The number of amides is 1. The number of amidine groups is 1. The molecule has 3 atom stereocenters. The number of hydrogen-bond acceptors (Lipinski definition) is 6. The third kappa shape index (κ3) is 4.04. The van der Waals surface area contributed by atoms with Crippen molar-refractivity contribution in [1.82, 2.24) is 4.98 Å². The monoisotopic (exact) mass is 472 g/mol. The van der Waals surface area contributed by atoms with Crippen LogP contribution in [-0.4, -0.2) is 41.2 Å². The maximum atomic E-state index is 14.9. The molecule has 2 aliphatic heterocycles. The summed E-state index contributed by atoms with van der Waals surface area (Å²) in [4.78, 5) is 20.4. The van der Waals surface area contributed by atoms with Crippen LogP contribution in [0.15, 0.2) is 41.5 Å². The highest BCUT2D eigenvalue weighted by atomic mass is 32.2. The van der Waals surface area contributed by atoms with E-state index in [1.165, 1.54) is 23.9 Å². The zero-order valence-corrected chi connectivity index (χ0v) is 17.1. The Morgan fingerprint density at radius 3 is 2.75 bits per heavy atom.